The smallest absolute Gasteiger partial charge is 0.156 e. The molecule has 1 heterocycles. The number of fused-ring (bicyclic) bond motifs is 4. The number of allylic oxidation sites excluding steroid dienone is 4. The maximum Gasteiger partial charge on any atom is 0.156 e. The van der Waals surface area contributed by atoms with Crippen LogP contribution in [0.3, 0.4) is 0 Å². The van der Waals surface area contributed by atoms with E-state index in [0.29, 0.717) is 30.6 Å². The zero-order valence-electron chi connectivity index (χ0n) is 15.8. The number of ketones is 1. The lowest BCUT2D eigenvalue weighted by atomic mass is 9.52. The molecule has 5 atom stereocenters. The summed E-state index contributed by atoms with van der Waals surface area (Å²) in [7, 11) is 0. The van der Waals surface area contributed by atoms with Crippen molar-refractivity contribution in [3.8, 4) is 12.3 Å². The molecule has 4 aliphatic rings. The number of carbonyl (C=O) groups is 1. The van der Waals surface area contributed by atoms with Crippen molar-refractivity contribution in [2.24, 2.45) is 17.3 Å². The second-order valence-corrected chi connectivity index (χ2v) is 10.0. The molecule has 2 saturated carbocycles. The molecule has 0 aliphatic heterocycles. The largest absolute Gasteiger partial charge is 0.377 e. The van der Waals surface area contributed by atoms with Gasteiger partial charge < -0.3 is 5.11 Å². The van der Waals surface area contributed by atoms with Crippen molar-refractivity contribution in [1.82, 2.24) is 0 Å². The topological polar surface area (TPSA) is 37.3 Å². The van der Waals surface area contributed by atoms with Gasteiger partial charge in [-0.2, -0.15) is 0 Å². The van der Waals surface area contributed by atoms with Crippen molar-refractivity contribution in [3.63, 3.8) is 0 Å². The lowest BCUT2D eigenvalue weighted by molar-refractivity contribution is -0.114. The fourth-order valence-corrected chi connectivity index (χ4v) is 7.49. The third-order valence-electron chi connectivity index (χ3n) is 8.01. The fraction of sp³-hybridized carbons (Fsp3) is 0.542. The lowest BCUT2D eigenvalue weighted by Crippen LogP contribution is -2.50. The normalized spacial score (nSPS) is 40.7. The highest BCUT2D eigenvalue weighted by atomic mass is 32.1. The number of carbonyl (C=O) groups excluding carboxylic acids is 1. The van der Waals surface area contributed by atoms with Crippen LogP contribution in [0.5, 0.6) is 0 Å². The maximum atomic E-state index is 12.0. The molecule has 3 heteroatoms. The van der Waals surface area contributed by atoms with E-state index in [-0.39, 0.29) is 11.2 Å². The fourth-order valence-electron chi connectivity index (χ4n) is 6.65. The summed E-state index contributed by atoms with van der Waals surface area (Å²) in [5, 5.41) is 13.5. The number of hydrogen-bond acceptors (Lipinski definition) is 3. The van der Waals surface area contributed by atoms with Crippen molar-refractivity contribution in [3.05, 3.63) is 45.2 Å². The Morgan fingerprint density at radius 1 is 1.30 bits per heavy atom. The van der Waals surface area contributed by atoms with Gasteiger partial charge >= 0.3 is 0 Å². The summed E-state index contributed by atoms with van der Waals surface area (Å²) >= 11 is 1.81. The van der Waals surface area contributed by atoms with Crippen molar-refractivity contribution in [2.75, 3.05) is 0 Å². The van der Waals surface area contributed by atoms with E-state index in [9.17, 15) is 9.90 Å². The Morgan fingerprint density at radius 3 is 2.89 bits per heavy atom. The van der Waals surface area contributed by atoms with Gasteiger partial charge in [0.15, 0.2) is 5.78 Å². The van der Waals surface area contributed by atoms with E-state index in [0.717, 1.165) is 32.1 Å². The molecule has 1 aromatic rings. The molecule has 0 bridgehead atoms. The molecule has 0 unspecified atom stereocenters. The van der Waals surface area contributed by atoms with Crippen molar-refractivity contribution in [1.29, 1.82) is 0 Å². The minimum absolute atomic E-state index is 0.239. The van der Waals surface area contributed by atoms with E-state index in [4.69, 9.17) is 6.42 Å². The van der Waals surface area contributed by atoms with E-state index in [1.165, 1.54) is 16.0 Å². The summed E-state index contributed by atoms with van der Waals surface area (Å²) in [6.07, 6.45) is 14.0. The van der Waals surface area contributed by atoms with Gasteiger partial charge in [0.05, 0.1) is 0 Å². The van der Waals surface area contributed by atoms with Gasteiger partial charge in [-0.25, -0.2) is 0 Å². The van der Waals surface area contributed by atoms with Crippen molar-refractivity contribution < 1.29 is 9.90 Å². The predicted molar refractivity (Wildman–Crippen MR) is 108 cm³/mol. The van der Waals surface area contributed by atoms with Crippen LogP contribution in [0.15, 0.2) is 40.3 Å². The molecule has 0 spiro atoms. The van der Waals surface area contributed by atoms with Gasteiger partial charge in [0.2, 0.25) is 0 Å². The van der Waals surface area contributed by atoms with Crippen LogP contribution in [0.2, 0.25) is 0 Å². The zero-order valence-corrected chi connectivity index (χ0v) is 16.6. The highest BCUT2D eigenvalue weighted by Gasteiger charge is 2.62. The highest BCUT2D eigenvalue weighted by Crippen LogP contribution is 2.66. The van der Waals surface area contributed by atoms with Crippen LogP contribution in [-0.4, -0.2) is 16.5 Å². The lowest BCUT2D eigenvalue weighted by Gasteiger charge is -2.53. The van der Waals surface area contributed by atoms with E-state index in [1.54, 1.807) is 5.57 Å². The second-order valence-electron chi connectivity index (χ2n) is 9.05. The Morgan fingerprint density at radius 2 is 2.15 bits per heavy atom. The van der Waals surface area contributed by atoms with E-state index in [1.807, 2.05) is 17.4 Å². The van der Waals surface area contributed by atoms with Gasteiger partial charge in [0.25, 0.3) is 0 Å². The molecule has 0 saturated heterocycles. The maximum absolute atomic E-state index is 12.0. The van der Waals surface area contributed by atoms with E-state index >= 15 is 0 Å². The Kier molecular flexibility index (Phi) is 3.84. The molecule has 2 fully saturated rings. The van der Waals surface area contributed by atoms with Gasteiger partial charge in [-0.1, -0.05) is 24.5 Å². The first-order chi connectivity index (χ1) is 13.0. The van der Waals surface area contributed by atoms with Gasteiger partial charge in [-0.3, -0.25) is 4.79 Å². The Hall–Kier alpha value is -1.63. The third-order valence-corrected chi connectivity index (χ3v) is 9.00. The molecule has 2 nitrogen and oxygen atoms in total. The monoisotopic (exact) mass is 378 g/mol. The molecule has 140 valence electrons. The number of hydrogen-bond donors (Lipinski definition) is 1. The first-order valence-corrected chi connectivity index (χ1v) is 11.0. The van der Waals surface area contributed by atoms with E-state index in [2.05, 4.69) is 30.4 Å². The van der Waals surface area contributed by atoms with Crippen LogP contribution in [0.1, 0.15) is 62.7 Å². The Balaban J connectivity index is 1.70. The summed E-state index contributed by atoms with van der Waals surface area (Å²) in [4.78, 5) is 13.4. The SMILES string of the molecule is C#C[C@]1(O)CC[C@H]2[C@@H]3CCC4=CC(=O)CCC4=C3[C@@H](c3cccs3)C[C@@]21C. The molecular weight excluding hydrogens is 352 g/mol. The van der Waals surface area contributed by atoms with Gasteiger partial charge in [0.1, 0.15) is 5.60 Å². The zero-order chi connectivity index (χ0) is 18.8. The molecule has 0 radical (unpaired) electrons. The molecule has 27 heavy (non-hydrogen) atoms. The van der Waals surface area contributed by atoms with Gasteiger partial charge in [-0.15, -0.1) is 17.8 Å². The molecule has 1 N–H and O–H groups in total. The molecular formula is C24H26O2S. The van der Waals surface area contributed by atoms with E-state index < -0.39 is 5.60 Å². The van der Waals surface area contributed by atoms with Crippen LogP contribution in [0.25, 0.3) is 0 Å². The summed E-state index contributed by atoms with van der Waals surface area (Å²) < 4.78 is 0. The van der Waals surface area contributed by atoms with Crippen LogP contribution < -0.4 is 0 Å². The minimum atomic E-state index is -0.998. The third kappa shape index (κ3) is 2.33. The van der Waals surface area contributed by atoms with Crippen molar-refractivity contribution >= 4 is 17.1 Å². The Labute approximate surface area is 165 Å². The van der Waals surface area contributed by atoms with Gasteiger partial charge in [-0.05, 0) is 79.0 Å². The summed E-state index contributed by atoms with van der Waals surface area (Å²) in [6.45, 7) is 2.24. The second kappa shape index (κ2) is 5.93. The number of aliphatic hydroxyl groups is 1. The minimum Gasteiger partial charge on any atom is -0.377 e. The number of thiophene rings is 1. The molecule has 0 aromatic carbocycles. The quantitative estimate of drug-likeness (QED) is 0.697. The predicted octanol–water partition coefficient (Wildman–Crippen LogP) is 5.01. The summed E-state index contributed by atoms with van der Waals surface area (Å²) in [5.74, 6) is 4.32. The average molecular weight is 379 g/mol. The molecule has 5 rings (SSSR count). The standard InChI is InChI=1S/C24H26O2S/c1-3-24(26)11-10-20-18-8-6-15-13-16(25)7-9-17(15)22(18)19(14-23(20,24)2)21-5-4-12-27-21/h1,4-5,12-13,18-20,26H,6-11,14H2,2H3/t18-,19+,20-,23-,24-/m0/s1. The van der Waals surface area contributed by atoms with Crippen LogP contribution >= 0.6 is 11.3 Å². The number of rotatable bonds is 1. The Bertz CT molecular complexity index is 899. The van der Waals surface area contributed by atoms with Crippen LogP contribution in [0, 0.1) is 29.6 Å². The molecule has 4 aliphatic carbocycles. The van der Waals surface area contributed by atoms with Crippen molar-refractivity contribution in [2.45, 2.75) is 63.4 Å². The summed E-state index contributed by atoms with van der Waals surface area (Å²) in [5.41, 5.74) is 3.08. The average Bonchev–Trinajstić information content (AvgIpc) is 3.28. The summed E-state index contributed by atoms with van der Waals surface area (Å²) in [6, 6.07) is 4.36. The van der Waals surface area contributed by atoms with Gasteiger partial charge in [0, 0.05) is 22.6 Å². The number of terminal acetylenes is 1. The molecule has 1 aromatic heterocycles. The molecule has 0 amide bonds. The van der Waals surface area contributed by atoms with Crippen LogP contribution in [-0.2, 0) is 4.79 Å². The van der Waals surface area contributed by atoms with Crippen LogP contribution in [0.4, 0.5) is 0 Å². The first-order valence-electron chi connectivity index (χ1n) is 10.2. The first kappa shape index (κ1) is 17.5. The highest BCUT2D eigenvalue weighted by molar-refractivity contribution is 7.10.